The highest BCUT2D eigenvalue weighted by Gasteiger charge is 2.31. The molecule has 1 atom stereocenters. The molecule has 0 bridgehead atoms. The SMILES string of the molecule is CCC(C)(C)C(=O)Oc1cc2c(s1)CCN([C@H](COC(C)=O)c1ccccc1Cl)C2. The van der Waals surface area contributed by atoms with E-state index in [1.54, 1.807) is 11.3 Å². The van der Waals surface area contributed by atoms with Crippen LogP contribution in [0.3, 0.4) is 0 Å². The molecule has 2 aromatic rings. The molecule has 3 rings (SSSR count). The molecule has 0 radical (unpaired) electrons. The zero-order valence-electron chi connectivity index (χ0n) is 17.9. The number of hydrogen-bond donors (Lipinski definition) is 0. The number of esters is 2. The monoisotopic (exact) mass is 449 g/mol. The van der Waals surface area contributed by atoms with Crippen molar-refractivity contribution in [2.45, 2.75) is 53.1 Å². The Morgan fingerprint density at radius 1 is 1.30 bits per heavy atom. The van der Waals surface area contributed by atoms with Crippen LogP contribution in [0.15, 0.2) is 30.3 Å². The van der Waals surface area contributed by atoms with E-state index in [9.17, 15) is 9.59 Å². The highest BCUT2D eigenvalue weighted by molar-refractivity contribution is 7.14. The van der Waals surface area contributed by atoms with Gasteiger partial charge in [-0.1, -0.05) is 36.7 Å². The number of fused-ring (bicyclic) bond motifs is 1. The molecule has 2 heterocycles. The molecular weight excluding hydrogens is 422 g/mol. The summed E-state index contributed by atoms with van der Waals surface area (Å²) in [7, 11) is 0. The van der Waals surface area contributed by atoms with E-state index >= 15 is 0 Å². The molecule has 0 N–H and O–H groups in total. The van der Waals surface area contributed by atoms with Crippen molar-refractivity contribution in [1.29, 1.82) is 0 Å². The topological polar surface area (TPSA) is 55.8 Å². The molecule has 0 aliphatic carbocycles. The molecule has 0 spiro atoms. The average molecular weight is 450 g/mol. The zero-order chi connectivity index (χ0) is 21.9. The number of carbonyl (C=O) groups is 2. The lowest BCUT2D eigenvalue weighted by Gasteiger charge is -2.34. The van der Waals surface area contributed by atoms with Gasteiger partial charge in [0.2, 0.25) is 0 Å². The van der Waals surface area contributed by atoms with E-state index in [0.29, 0.717) is 16.6 Å². The summed E-state index contributed by atoms with van der Waals surface area (Å²) in [6.07, 6.45) is 1.57. The minimum absolute atomic E-state index is 0.138. The summed E-state index contributed by atoms with van der Waals surface area (Å²) >= 11 is 7.99. The third kappa shape index (κ3) is 5.23. The predicted octanol–water partition coefficient (Wildman–Crippen LogP) is 5.41. The largest absolute Gasteiger partial charge is 0.464 e. The number of hydrogen-bond acceptors (Lipinski definition) is 6. The third-order valence-electron chi connectivity index (χ3n) is 5.65. The quantitative estimate of drug-likeness (QED) is 0.529. The summed E-state index contributed by atoms with van der Waals surface area (Å²) in [4.78, 5) is 27.4. The van der Waals surface area contributed by atoms with Crippen molar-refractivity contribution < 1.29 is 19.1 Å². The van der Waals surface area contributed by atoms with Gasteiger partial charge in [0.05, 0.1) is 11.5 Å². The Labute approximate surface area is 186 Å². The maximum Gasteiger partial charge on any atom is 0.317 e. The molecular formula is C23H28ClNO4S. The number of benzene rings is 1. The fourth-order valence-electron chi connectivity index (χ4n) is 3.35. The third-order valence-corrected chi connectivity index (χ3v) is 7.11. The number of thiophene rings is 1. The predicted molar refractivity (Wildman–Crippen MR) is 119 cm³/mol. The molecule has 1 aromatic carbocycles. The summed E-state index contributed by atoms with van der Waals surface area (Å²) in [6.45, 7) is 8.91. The van der Waals surface area contributed by atoms with E-state index in [1.165, 1.54) is 11.8 Å². The van der Waals surface area contributed by atoms with Crippen molar-refractivity contribution in [1.82, 2.24) is 4.90 Å². The van der Waals surface area contributed by atoms with Crippen molar-refractivity contribution in [2.24, 2.45) is 5.41 Å². The van der Waals surface area contributed by atoms with Gasteiger partial charge in [0.25, 0.3) is 0 Å². The second-order valence-electron chi connectivity index (χ2n) is 8.20. The van der Waals surface area contributed by atoms with Crippen molar-refractivity contribution in [3.8, 4) is 5.06 Å². The number of rotatable bonds is 7. The molecule has 0 unspecified atom stereocenters. The number of ether oxygens (including phenoxy) is 2. The number of carbonyl (C=O) groups excluding carboxylic acids is 2. The van der Waals surface area contributed by atoms with Crippen molar-refractivity contribution in [3.63, 3.8) is 0 Å². The first-order valence-electron chi connectivity index (χ1n) is 10.2. The van der Waals surface area contributed by atoms with Crippen LogP contribution in [0, 0.1) is 5.41 Å². The highest BCUT2D eigenvalue weighted by Crippen LogP contribution is 2.38. The smallest absolute Gasteiger partial charge is 0.317 e. The Balaban J connectivity index is 1.79. The van der Waals surface area contributed by atoms with Crippen LogP contribution in [-0.4, -0.2) is 30.0 Å². The molecule has 0 saturated heterocycles. The van der Waals surface area contributed by atoms with Gasteiger partial charge in [-0.15, -0.1) is 11.3 Å². The van der Waals surface area contributed by atoms with Gasteiger partial charge >= 0.3 is 11.9 Å². The van der Waals surface area contributed by atoms with Gasteiger partial charge < -0.3 is 9.47 Å². The fraction of sp³-hybridized carbons (Fsp3) is 0.478. The van der Waals surface area contributed by atoms with Crippen molar-refractivity contribution >= 4 is 34.9 Å². The van der Waals surface area contributed by atoms with E-state index < -0.39 is 5.41 Å². The molecule has 162 valence electrons. The first-order chi connectivity index (χ1) is 14.2. The zero-order valence-corrected chi connectivity index (χ0v) is 19.4. The van der Waals surface area contributed by atoms with Crippen LogP contribution in [0.5, 0.6) is 5.06 Å². The fourth-order valence-corrected chi connectivity index (χ4v) is 4.62. The van der Waals surface area contributed by atoms with Gasteiger partial charge in [-0.05, 0) is 49.9 Å². The summed E-state index contributed by atoms with van der Waals surface area (Å²) in [6, 6.07) is 9.48. The molecule has 1 aliphatic heterocycles. The van der Waals surface area contributed by atoms with Gasteiger partial charge in [0.15, 0.2) is 5.06 Å². The van der Waals surface area contributed by atoms with Crippen LogP contribution in [0.25, 0.3) is 0 Å². The molecule has 30 heavy (non-hydrogen) atoms. The van der Waals surface area contributed by atoms with Crippen LogP contribution in [-0.2, 0) is 27.3 Å². The van der Waals surface area contributed by atoms with Crippen LogP contribution in [0.2, 0.25) is 5.02 Å². The maximum atomic E-state index is 12.4. The molecule has 0 fully saturated rings. The van der Waals surface area contributed by atoms with Gasteiger partial charge in [0.1, 0.15) is 6.61 Å². The molecule has 1 aliphatic rings. The number of halogens is 1. The Kier molecular flexibility index (Phi) is 7.22. The van der Waals surface area contributed by atoms with Gasteiger partial charge in [-0.25, -0.2) is 0 Å². The van der Waals surface area contributed by atoms with Crippen LogP contribution in [0.1, 0.15) is 56.2 Å². The molecule has 7 heteroatoms. The van der Waals surface area contributed by atoms with Gasteiger partial charge in [0, 0.05) is 29.9 Å². The molecule has 1 aromatic heterocycles. The standard InChI is InChI=1S/C23H28ClNO4S/c1-5-23(3,4)22(27)29-21-12-16-13-25(11-10-20(16)30-21)19(14-28-15(2)26)17-8-6-7-9-18(17)24/h6-9,12,19H,5,10-11,13-14H2,1-4H3/t19-/m1/s1. The first kappa shape index (κ1) is 22.8. The van der Waals surface area contributed by atoms with E-state index in [2.05, 4.69) is 4.90 Å². The van der Waals surface area contributed by atoms with Crippen molar-refractivity contribution in [2.75, 3.05) is 13.2 Å². The first-order valence-corrected chi connectivity index (χ1v) is 11.4. The molecule has 0 saturated carbocycles. The van der Waals surface area contributed by atoms with Gasteiger partial charge in [-0.2, -0.15) is 0 Å². The Hall–Kier alpha value is -1.89. The minimum Gasteiger partial charge on any atom is -0.464 e. The minimum atomic E-state index is -0.504. The Morgan fingerprint density at radius 3 is 2.70 bits per heavy atom. The van der Waals surface area contributed by atoms with Gasteiger partial charge in [-0.3, -0.25) is 14.5 Å². The summed E-state index contributed by atoms with van der Waals surface area (Å²) in [5, 5.41) is 1.30. The average Bonchev–Trinajstić information content (AvgIpc) is 3.10. The summed E-state index contributed by atoms with van der Waals surface area (Å²) in [5.41, 5.74) is 1.58. The second kappa shape index (κ2) is 9.50. The maximum absolute atomic E-state index is 12.4. The van der Waals surface area contributed by atoms with E-state index in [-0.39, 0.29) is 24.6 Å². The van der Waals surface area contributed by atoms with E-state index in [0.717, 1.165) is 30.5 Å². The van der Waals surface area contributed by atoms with Crippen LogP contribution in [0.4, 0.5) is 0 Å². The number of nitrogens with zero attached hydrogens (tertiary/aromatic N) is 1. The lowest BCUT2D eigenvalue weighted by Crippen LogP contribution is -2.36. The highest BCUT2D eigenvalue weighted by atomic mass is 35.5. The molecule has 5 nitrogen and oxygen atoms in total. The second-order valence-corrected chi connectivity index (χ2v) is 9.71. The summed E-state index contributed by atoms with van der Waals surface area (Å²) in [5.74, 6) is -0.516. The van der Waals surface area contributed by atoms with Crippen molar-refractivity contribution in [3.05, 3.63) is 51.4 Å². The lowest BCUT2D eigenvalue weighted by molar-refractivity contribution is -0.144. The van der Waals surface area contributed by atoms with Crippen LogP contribution >= 0.6 is 22.9 Å². The Bertz CT molecular complexity index is 924. The normalized spacial score (nSPS) is 15.4. The summed E-state index contributed by atoms with van der Waals surface area (Å²) < 4.78 is 11.0. The van der Waals surface area contributed by atoms with E-state index in [1.807, 2.05) is 51.1 Å². The Morgan fingerprint density at radius 2 is 2.03 bits per heavy atom. The van der Waals surface area contributed by atoms with E-state index in [4.69, 9.17) is 21.1 Å². The lowest BCUT2D eigenvalue weighted by atomic mass is 9.91. The molecule has 0 amide bonds. The van der Waals surface area contributed by atoms with Crippen LogP contribution < -0.4 is 4.74 Å².